The van der Waals surface area contributed by atoms with Gasteiger partial charge in [-0.1, -0.05) is 25.0 Å². The summed E-state index contributed by atoms with van der Waals surface area (Å²) in [6, 6.07) is 11.0. The Morgan fingerprint density at radius 1 is 1.24 bits per heavy atom. The lowest BCUT2D eigenvalue weighted by Crippen LogP contribution is -2.36. The molecule has 0 aromatic heterocycles. The molecule has 3 rings (SSSR count). The quantitative estimate of drug-likeness (QED) is 0.576. The molecule has 0 saturated carbocycles. The minimum Gasteiger partial charge on any atom is -0.497 e. The number of benzene rings is 2. The lowest BCUT2D eigenvalue weighted by atomic mass is 10.0. The van der Waals surface area contributed by atoms with Crippen LogP contribution in [0.5, 0.6) is 5.75 Å². The Labute approximate surface area is 168 Å². The number of amides is 1. The molecule has 2 aromatic rings. The molecule has 29 heavy (non-hydrogen) atoms. The normalized spacial score (nSPS) is 17.4. The number of halogens is 1. The maximum atomic E-state index is 13.3. The van der Waals surface area contributed by atoms with Gasteiger partial charge in [0.15, 0.2) is 0 Å². The Balaban J connectivity index is 1.75. The molecule has 154 valence electrons. The van der Waals surface area contributed by atoms with Gasteiger partial charge in [-0.3, -0.25) is 19.8 Å². The van der Waals surface area contributed by atoms with Gasteiger partial charge in [0.1, 0.15) is 17.3 Å². The molecule has 0 radical (unpaired) electrons. The molecule has 0 spiro atoms. The predicted molar refractivity (Wildman–Crippen MR) is 107 cm³/mol. The maximum absolute atomic E-state index is 13.3. The van der Waals surface area contributed by atoms with Crippen molar-refractivity contribution in [3.8, 4) is 5.75 Å². The van der Waals surface area contributed by atoms with Crippen molar-refractivity contribution < 1.29 is 18.8 Å². The molecule has 7 nitrogen and oxygen atoms in total. The summed E-state index contributed by atoms with van der Waals surface area (Å²) in [6.45, 7) is 0.862. The van der Waals surface area contributed by atoms with E-state index in [-0.39, 0.29) is 24.2 Å². The first-order chi connectivity index (χ1) is 14.0. The number of methoxy groups -OCH3 is 1. The van der Waals surface area contributed by atoms with Gasteiger partial charge in [-0.05, 0) is 49.2 Å². The lowest BCUT2D eigenvalue weighted by Gasteiger charge is -2.29. The number of likely N-dealkylation sites (tertiary alicyclic amines) is 1. The Hall–Kier alpha value is -3.00. The van der Waals surface area contributed by atoms with Crippen molar-refractivity contribution >= 4 is 17.3 Å². The summed E-state index contributed by atoms with van der Waals surface area (Å²) in [5, 5.41) is 13.7. The van der Waals surface area contributed by atoms with Gasteiger partial charge in [0.05, 0.1) is 24.6 Å². The highest BCUT2D eigenvalue weighted by Gasteiger charge is 2.25. The van der Waals surface area contributed by atoms with E-state index in [9.17, 15) is 19.3 Å². The highest BCUT2D eigenvalue weighted by Crippen LogP contribution is 2.31. The van der Waals surface area contributed by atoms with E-state index in [0.29, 0.717) is 0 Å². The van der Waals surface area contributed by atoms with Gasteiger partial charge in [0.25, 0.3) is 5.69 Å². The fourth-order valence-corrected chi connectivity index (χ4v) is 3.70. The SMILES string of the molecule is COc1ccc(C2CCCCCN2CC(=O)Nc2ccc(F)cc2[N+](=O)[O-])cc1. The van der Waals surface area contributed by atoms with E-state index in [1.54, 1.807) is 7.11 Å². The smallest absolute Gasteiger partial charge is 0.295 e. The number of nitro groups is 1. The van der Waals surface area contributed by atoms with Crippen molar-refractivity contribution in [1.29, 1.82) is 0 Å². The Bertz CT molecular complexity index is 873. The average Bonchev–Trinajstić information content (AvgIpc) is 2.94. The average molecular weight is 401 g/mol. The van der Waals surface area contributed by atoms with E-state index in [0.717, 1.165) is 55.7 Å². The number of rotatable bonds is 6. The Kier molecular flexibility index (Phi) is 6.77. The summed E-state index contributed by atoms with van der Waals surface area (Å²) in [7, 11) is 1.62. The van der Waals surface area contributed by atoms with E-state index >= 15 is 0 Å². The van der Waals surface area contributed by atoms with Crippen LogP contribution in [0.2, 0.25) is 0 Å². The maximum Gasteiger partial charge on any atom is 0.295 e. The van der Waals surface area contributed by atoms with Gasteiger partial charge in [-0.25, -0.2) is 4.39 Å². The first kappa shape index (κ1) is 20.7. The fraction of sp³-hybridized carbons (Fsp3) is 0.381. The summed E-state index contributed by atoms with van der Waals surface area (Å²) in [5.74, 6) is -0.308. The number of nitrogens with zero attached hydrogens (tertiary/aromatic N) is 2. The number of hydrogen-bond donors (Lipinski definition) is 1. The number of anilines is 1. The molecule has 1 aliphatic rings. The van der Waals surface area contributed by atoms with Crippen LogP contribution in [0.3, 0.4) is 0 Å². The first-order valence-electron chi connectivity index (χ1n) is 9.59. The molecule has 2 aromatic carbocycles. The number of carbonyl (C=O) groups is 1. The third kappa shape index (κ3) is 5.29. The molecule has 1 unspecified atom stereocenters. The van der Waals surface area contributed by atoms with E-state index < -0.39 is 16.4 Å². The van der Waals surface area contributed by atoms with Crippen LogP contribution < -0.4 is 10.1 Å². The van der Waals surface area contributed by atoms with Gasteiger partial charge in [0.2, 0.25) is 5.91 Å². The zero-order valence-corrected chi connectivity index (χ0v) is 16.3. The van der Waals surface area contributed by atoms with Crippen molar-refractivity contribution in [2.24, 2.45) is 0 Å². The van der Waals surface area contributed by atoms with Crippen LogP contribution in [0.4, 0.5) is 15.8 Å². The molecule has 0 bridgehead atoms. The molecular formula is C21H24FN3O4. The largest absolute Gasteiger partial charge is 0.497 e. The zero-order chi connectivity index (χ0) is 20.8. The zero-order valence-electron chi connectivity index (χ0n) is 16.3. The Morgan fingerprint density at radius 3 is 2.69 bits per heavy atom. The van der Waals surface area contributed by atoms with Crippen LogP contribution in [0.15, 0.2) is 42.5 Å². The van der Waals surface area contributed by atoms with Crippen molar-refractivity contribution in [3.05, 3.63) is 64.0 Å². The standard InChI is InChI=1S/C21H24FN3O4/c1-29-17-9-6-15(7-10-17)19-5-3-2-4-12-24(19)14-21(26)23-18-11-8-16(22)13-20(18)25(27)28/h6-11,13,19H,2-5,12,14H2,1H3,(H,23,26). The lowest BCUT2D eigenvalue weighted by molar-refractivity contribution is -0.384. The first-order valence-corrected chi connectivity index (χ1v) is 9.59. The van der Waals surface area contributed by atoms with Gasteiger partial charge in [0, 0.05) is 6.04 Å². The highest BCUT2D eigenvalue weighted by molar-refractivity contribution is 5.94. The highest BCUT2D eigenvalue weighted by atomic mass is 19.1. The molecule has 0 aliphatic carbocycles. The second-order valence-corrected chi connectivity index (χ2v) is 7.08. The second-order valence-electron chi connectivity index (χ2n) is 7.08. The summed E-state index contributed by atoms with van der Waals surface area (Å²) in [6.07, 6.45) is 4.07. The fourth-order valence-electron chi connectivity index (χ4n) is 3.70. The topological polar surface area (TPSA) is 84.7 Å². The number of ether oxygens (including phenoxy) is 1. The molecule has 1 amide bonds. The minimum atomic E-state index is -0.721. The van der Waals surface area contributed by atoms with Gasteiger partial charge >= 0.3 is 0 Å². The van der Waals surface area contributed by atoms with Crippen LogP contribution in [0.25, 0.3) is 0 Å². The summed E-state index contributed by atoms with van der Waals surface area (Å²) >= 11 is 0. The van der Waals surface area contributed by atoms with Crippen molar-refractivity contribution in [2.75, 3.05) is 25.5 Å². The minimum absolute atomic E-state index is 0.00257. The van der Waals surface area contributed by atoms with Crippen LogP contribution in [-0.4, -0.2) is 35.9 Å². The third-order valence-corrected chi connectivity index (χ3v) is 5.14. The Morgan fingerprint density at radius 2 is 2.00 bits per heavy atom. The number of hydrogen-bond acceptors (Lipinski definition) is 5. The van der Waals surface area contributed by atoms with E-state index in [4.69, 9.17) is 4.74 Å². The third-order valence-electron chi connectivity index (χ3n) is 5.14. The van der Waals surface area contributed by atoms with Gasteiger partial charge in [-0.2, -0.15) is 0 Å². The van der Waals surface area contributed by atoms with Crippen LogP contribution in [0, 0.1) is 15.9 Å². The second kappa shape index (κ2) is 9.47. The number of nitrogens with one attached hydrogen (secondary N) is 1. The van der Waals surface area contributed by atoms with Gasteiger partial charge < -0.3 is 10.1 Å². The molecule has 8 heteroatoms. The molecule has 1 fully saturated rings. The van der Waals surface area contributed by atoms with Crippen molar-refractivity contribution in [2.45, 2.75) is 31.7 Å². The van der Waals surface area contributed by atoms with E-state index in [1.807, 2.05) is 24.3 Å². The van der Waals surface area contributed by atoms with E-state index in [2.05, 4.69) is 10.2 Å². The molecule has 1 N–H and O–H groups in total. The summed E-state index contributed by atoms with van der Waals surface area (Å²) < 4.78 is 18.5. The summed E-state index contributed by atoms with van der Waals surface area (Å²) in [4.78, 5) is 25.2. The van der Waals surface area contributed by atoms with E-state index in [1.165, 1.54) is 6.07 Å². The molecule has 1 aliphatic heterocycles. The van der Waals surface area contributed by atoms with Crippen LogP contribution in [0.1, 0.15) is 37.3 Å². The molecule has 1 atom stereocenters. The predicted octanol–water partition coefficient (Wildman–Crippen LogP) is 4.30. The van der Waals surface area contributed by atoms with Gasteiger partial charge in [-0.15, -0.1) is 0 Å². The number of nitro benzene ring substituents is 1. The van der Waals surface area contributed by atoms with Crippen molar-refractivity contribution in [1.82, 2.24) is 4.90 Å². The molecule has 1 saturated heterocycles. The summed E-state index contributed by atoms with van der Waals surface area (Å²) in [5.41, 5.74) is 0.645. The molecular weight excluding hydrogens is 377 g/mol. The van der Waals surface area contributed by atoms with Crippen molar-refractivity contribution in [3.63, 3.8) is 0 Å². The monoisotopic (exact) mass is 401 g/mol. The van der Waals surface area contributed by atoms with Crippen LogP contribution in [-0.2, 0) is 4.79 Å². The number of carbonyl (C=O) groups excluding carboxylic acids is 1. The molecule has 1 heterocycles. The van der Waals surface area contributed by atoms with Crippen LogP contribution >= 0.6 is 0 Å².